The lowest BCUT2D eigenvalue weighted by molar-refractivity contribution is 0.324. The zero-order valence-electron chi connectivity index (χ0n) is 13.9. The van der Waals surface area contributed by atoms with Crippen molar-refractivity contribution in [1.29, 1.82) is 0 Å². The molecule has 0 bridgehead atoms. The van der Waals surface area contributed by atoms with Crippen molar-refractivity contribution in [1.82, 2.24) is 10.6 Å². The lowest BCUT2D eigenvalue weighted by Gasteiger charge is -2.17. The number of hydrogen-bond donors (Lipinski definition) is 2. The number of aliphatic imine (C=N–C) groups is 1. The maximum Gasteiger partial charge on any atom is 0.191 e. The van der Waals surface area contributed by atoms with Gasteiger partial charge in [0.05, 0.1) is 6.54 Å². The van der Waals surface area contributed by atoms with E-state index in [1.807, 2.05) is 0 Å². The summed E-state index contributed by atoms with van der Waals surface area (Å²) < 4.78 is 5.89. The van der Waals surface area contributed by atoms with Crippen LogP contribution < -0.4 is 15.4 Å². The first-order valence-corrected chi connectivity index (χ1v) is 8.09. The highest BCUT2D eigenvalue weighted by atomic mass is 16.5. The van der Waals surface area contributed by atoms with Crippen LogP contribution in [0, 0.1) is 13.8 Å². The van der Waals surface area contributed by atoms with Crippen LogP contribution in [0.25, 0.3) is 0 Å². The summed E-state index contributed by atoms with van der Waals surface area (Å²) in [5.74, 6) is 1.86. The molecule has 0 radical (unpaired) electrons. The van der Waals surface area contributed by atoms with Gasteiger partial charge in [0, 0.05) is 12.6 Å². The molecule has 120 valence electrons. The van der Waals surface area contributed by atoms with Crippen molar-refractivity contribution in [2.45, 2.75) is 39.7 Å². The average molecular weight is 301 g/mol. The summed E-state index contributed by atoms with van der Waals surface area (Å²) in [4.78, 5) is 4.59. The molecule has 0 heterocycles. The number of nitrogens with one attached hydrogen (secondary N) is 2. The Hall–Kier alpha value is -1.97. The van der Waals surface area contributed by atoms with E-state index in [9.17, 15) is 0 Å². The Morgan fingerprint density at radius 2 is 1.91 bits per heavy atom. The number of guanidine groups is 1. The predicted octanol–water partition coefficient (Wildman–Crippen LogP) is 2.96. The van der Waals surface area contributed by atoms with Crippen LogP contribution >= 0.6 is 0 Å². The van der Waals surface area contributed by atoms with Gasteiger partial charge in [-0.25, -0.2) is 4.99 Å². The third kappa shape index (κ3) is 4.79. The largest absolute Gasteiger partial charge is 0.491 e. The van der Waals surface area contributed by atoms with E-state index in [1.54, 1.807) is 0 Å². The Morgan fingerprint density at radius 1 is 1.23 bits per heavy atom. The fourth-order valence-electron chi connectivity index (χ4n) is 2.58. The highest BCUT2D eigenvalue weighted by Gasteiger charge is 2.11. The van der Waals surface area contributed by atoms with Gasteiger partial charge in [-0.1, -0.05) is 30.4 Å². The van der Waals surface area contributed by atoms with E-state index in [-0.39, 0.29) is 0 Å². The highest BCUT2D eigenvalue weighted by molar-refractivity contribution is 5.80. The number of rotatable bonds is 6. The molecule has 1 aliphatic rings. The van der Waals surface area contributed by atoms with Crippen LogP contribution in [0.5, 0.6) is 5.75 Å². The minimum atomic E-state index is 0.470. The van der Waals surface area contributed by atoms with Crippen molar-refractivity contribution in [3.05, 3.63) is 41.5 Å². The molecule has 4 heteroatoms. The Morgan fingerprint density at radius 3 is 2.55 bits per heavy atom. The van der Waals surface area contributed by atoms with E-state index >= 15 is 0 Å². The van der Waals surface area contributed by atoms with E-state index in [2.05, 4.69) is 66.7 Å². The topological polar surface area (TPSA) is 45.7 Å². The van der Waals surface area contributed by atoms with Gasteiger partial charge in [0.15, 0.2) is 5.96 Å². The Labute approximate surface area is 133 Å². The summed E-state index contributed by atoms with van der Waals surface area (Å²) in [6, 6.07) is 6.67. The first-order chi connectivity index (χ1) is 10.7. The summed E-state index contributed by atoms with van der Waals surface area (Å²) in [5, 5.41) is 6.75. The van der Waals surface area contributed by atoms with Gasteiger partial charge < -0.3 is 15.4 Å². The molecule has 2 rings (SSSR count). The van der Waals surface area contributed by atoms with E-state index in [1.165, 1.54) is 11.1 Å². The van der Waals surface area contributed by atoms with E-state index < -0.39 is 0 Å². The van der Waals surface area contributed by atoms with Crippen LogP contribution in [0.4, 0.5) is 0 Å². The second kappa shape index (κ2) is 8.47. The second-order valence-electron chi connectivity index (χ2n) is 5.61. The maximum atomic E-state index is 5.89. The molecule has 1 aromatic rings. The Bertz CT molecular complexity index is 509. The number of hydrogen-bond acceptors (Lipinski definition) is 2. The second-order valence-corrected chi connectivity index (χ2v) is 5.61. The standard InChI is InChI=1S/C18H27N3O/c1-4-19-18(21-16-10-5-6-11-16)20-12-13-22-17-14(2)8-7-9-15(17)3/h5-9,16H,4,10-13H2,1-3H3,(H2,19,20,21). The van der Waals surface area contributed by atoms with Crippen LogP contribution in [0.15, 0.2) is 35.3 Å². The predicted molar refractivity (Wildman–Crippen MR) is 92.7 cm³/mol. The fourth-order valence-corrected chi connectivity index (χ4v) is 2.58. The summed E-state index contributed by atoms with van der Waals surface area (Å²) in [6.07, 6.45) is 6.57. The monoisotopic (exact) mass is 301 g/mol. The Balaban J connectivity index is 1.83. The van der Waals surface area contributed by atoms with E-state index in [0.29, 0.717) is 19.2 Å². The summed E-state index contributed by atoms with van der Waals surface area (Å²) in [7, 11) is 0. The van der Waals surface area contributed by atoms with Crippen molar-refractivity contribution in [2.75, 3.05) is 19.7 Å². The summed E-state index contributed by atoms with van der Waals surface area (Å²) >= 11 is 0. The Kier molecular flexibility index (Phi) is 6.31. The van der Waals surface area contributed by atoms with Crippen LogP contribution in [-0.2, 0) is 0 Å². The first kappa shape index (κ1) is 16.4. The SMILES string of the molecule is CCNC(=NCCOc1c(C)cccc1C)NC1CC=CC1. The molecule has 1 aromatic carbocycles. The first-order valence-electron chi connectivity index (χ1n) is 8.09. The van der Waals surface area contributed by atoms with Crippen molar-refractivity contribution in [2.24, 2.45) is 4.99 Å². The molecule has 22 heavy (non-hydrogen) atoms. The molecule has 0 unspecified atom stereocenters. The van der Waals surface area contributed by atoms with Gasteiger partial charge in [0.25, 0.3) is 0 Å². The highest BCUT2D eigenvalue weighted by Crippen LogP contribution is 2.21. The van der Waals surface area contributed by atoms with Crippen molar-refractivity contribution in [3.8, 4) is 5.75 Å². The van der Waals surface area contributed by atoms with Crippen LogP contribution in [0.2, 0.25) is 0 Å². The molecule has 1 aliphatic carbocycles. The number of benzene rings is 1. The van der Waals surface area contributed by atoms with Gasteiger partial charge in [-0.05, 0) is 44.7 Å². The zero-order valence-corrected chi connectivity index (χ0v) is 13.9. The molecule has 0 saturated carbocycles. The quantitative estimate of drug-likeness (QED) is 0.367. The molecule has 4 nitrogen and oxygen atoms in total. The number of para-hydroxylation sites is 1. The molecule has 0 spiro atoms. The smallest absolute Gasteiger partial charge is 0.191 e. The minimum absolute atomic E-state index is 0.470. The van der Waals surface area contributed by atoms with Gasteiger partial charge in [0.2, 0.25) is 0 Å². The zero-order chi connectivity index (χ0) is 15.8. The number of nitrogens with zero attached hydrogens (tertiary/aromatic N) is 1. The summed E-state index contributed by atoms with van der Waals surface area (Å²) in [6.45, 7) is 8.32. The van der Waals surface area contributed by atoms with Crippen molar-refractivity contribution < 1.29 is 4.74 Å². The molecule has 2 N–H and O–H groups in total. The van der Waals surface area contributed by atoms with Gasteiger partial charge in [-0.15, -0.1) is 0 Å². The normalized spacial score (nSPS) is 15.1. The molecule has 0 aliphatic heterocycles. The van der Waals surface area contributed by atoms with Gasteiger partial charge >= 0.3 is 0 Å². The molecule has 0 fully saturated rings. The fraction of sp³-hybridized carbons (Fsp3) is 0.500. The van der Waals surface area contributed by atoms with Crippen molar-refractivity contribution in [3.63, 3.8) is 0 Å². The van der Waals surface area contributed by atoms with Gasteiger partial charge in [-0.2, -0.15) is 0 Å². The van der Waals surface area contributed by atoms with E-state index in [0.717, 1.165) is 31.1 Å². The average Bonchev–Trinajstić information content (AvgIpc) is 2.99. The third-order valence-corrected chi connectivity index (χ3v) is 3.71. The van der Waals surface area contributed by atoms with Crippen molar-refractivity contribution >= 4 is 5.96 Å². The lowest BCUT2D eigenvalue weighted by atomic mass is 10.1. The van der Waals surface area contributed by atoms with Crippen LogP contribution in [-0.4, -0.2) is 31.7 Å². The molecular weight excluding hydrogens is 274 g/mol. The van der Waals surface area contributed by atoms with E-state index in [4.69, 9.17) is 4.74 Å². The molecular formula is C18H27N3O. The molecule has 0 saturated heterocycles. The van der Waals surface area contributed by atoms with Crippen LogP contribution in [0.3, 0.4) is 0 Å². The number of ether oxygens (including phenoxy) is 1. The van der Waals surface area contributed by atoms with Gasteiger partial charge in [-0.3, -0.25) is 0 Å². The lowest BCUT2D eigenvalue weighted by Crippen LogP contribution is -2.42. The number of aryl methyl sites for hydroxylation is 2. The van der Waals surface area contributed by atoms with Crippen LogP contribution in [0.1, 0.15) is 30.9 Å². The third-order valence-electron chi connectivity index (χ3n) is 3.71. The summed E-state index contributed by atoms with van der Waals surface area (Å²) in [5.41, 5.74) is 2.34. The minimum Gasteiger partial charge on any atom is -0.491 e. The molecule has 0 atom stereocenters. The van der Waals surface area contributed by atoms with Gasteiger partial charge in [0.1, 0.15) is 12.4 Å². The molecule has 0 amide bonds. The maximum absolute atomic E-state index is 5.89. The molecule has 0 aromatic heterocycles.